The Kier molecular flexibility index (Phi) is 66.8. The molecule has 0 aromatic rings. The van der Waals surface area contributed by atoms with Crippen molar-refractivity contribution in [1.82, 2.24) is 0 Å². The van der Waals surface area contributed by atoms with E-state index in [9.17, 15) is 1.92 Å². The summed E-state index contributed by atoms with van der Waals surface area (Å²) in [7, 11) is 0. The van der Waals surface area contributed by atoms with Gasteiger partial charge in [-0.25, -0.2) is 0 Å². The second-order valence-electron chi connectivity index (χ2n) is 0. The second-order valence-corrected chi connectivity index (χ2v) is 0. The second kappa shape index (κ2) is 16.9. The van der Waals surface area contributed by atoms with E-state index < -0.39 is 0 Å². The molecule has 0 saturated heterocycles. The van der Waals surface area contributed by atoms with Crippen LogP contribution in [0.3, 0.4) is 0 Å². The number of hydrogen-bond donors (Lipinski definition) is 0. The molecule has 0 N–H and O–H groups in total. The summed E-state index contributed by atoms with van der Waals surface area (Å²) in [6.45, 7) is 0. The number of hydrogen-bond acceptors (Lipinski definition) is 0. The molecule has 0 saturated carbocycles. The fraction of sp³-hybridized carbons (Fsp3) is 0. The van der Waals surface area contributed by atoms with E-state index >= 15 is 0 Å². The largest absolute Gasteiger partial charge is 0 e. The zero-order valence-corrected chi connectivity index (χ0v) is 5.85. The van der Waals surface area contributed by atoms with Crippen LogP contribution in [-0.2, 0) is 31.7 Å². The molecule has 0 aliphatic rings. The van der Waals surface area contributed by atoms with Crippen LogP contribution in [0.2, 0.25) is 0 Å². The predicted octanol–water partition coefficient (Wildman–Crippen LogP) is -0.231. The van der Waals surface area contributed by atoms with Crippen LogP contribution in [0.25, 0.3) is 0 Å². The molecular formula is HFLiTmY. The first-order valence-corrected chi connectivity index (χ1v) is 1.29. The summed E-state index contributed by atoms with van der Waals surface area (Å²) in [6.07, 6.45) is 0. The molecule has 1 radical (unpaired) electrons. The van der Waals surface area contributed by atoms with Gasteiger partial charge in [-0.1, -0.05) is 0 Å². The molecule has 0 aliphatic heterocycles. The van der Waals surface area contributed by atoms with E-state index in [4.69, 9.17) is 0 Å². The number of rotatable bonds is 0. The van der Waals surface area contributed by atoms with Crippen LogP contribution in [0, 0.1) is 36.9 Å². The quantitative estimate of drug-likeness (QED) is 0.539. The molecule has 0 atom stereocenters. The van der Waals surface area contributed by atoms with Crippen molar-refractivity contribution in [2.45, 2.75) is 0 Å². The first-order valence-electron chi connectivity index (χ1n) is 0.218. The third kappa shape index (κ3) is 8.85. The molecule has 0 heterocycles. The smallest absolute Gasteiger partial charge is 0 e. The van der Waals surface area contributed by atoms with Crippen molar-refractivity contribution in [2.24, 2.45) is 0 Å². The molecule has 0 aromatic heterocycles. The van der Waals surface area contributed by atoms with Crippen molar-refractivity contribution in [3.05, 3.63) is 0 Å². The Morgan fingerprint density at radius 1 is 1.25 bits per heavy atom. The van der Waals surface area contributed by atoms with Gasteiger partial charge in [0.25, 0.3) is 0 Å². The number of halogens is 1. The van der Waals surface area contributed by atoms with Gasteiger partial charge in [0.05, 0.1) is 0 Å². The van der Waals surface area contributed by atoms with Crippen LogP contribution in [0.1, 0.15) is 0 Å². The molecule has 0 nitrogen and oxygen atoms in total. The standard InChI is InChI=1S/FH.Li.Tm.Y.H/h1H;;;;/q;;;+1;/p-1. The summed E-state index contributed by atoms with van der Waals surface area (Å²) in [5, 5.41) is 0. The summed E-state index contributed by atoms with van der Waals surface area (Å²) in [5.41, 5.74) is 0. The molecule has 0 unspecified atom stereocenters. The van der Waals surface area contributed by atoms with E-state index in [0.717, 1.165) is 0 Å². The molecule has 0 aliphatic carbocycles. The van der Waals surface area contributed by atoms with E-state index in [1.54, 1.807) is 0 Å². The van der Waals surface area contributed by atoms with Gasteiger partial charge in [-0.2, -0.15) is 0 Å². The topological polar surface area (TPSA) is 0 Å². The first-order chi connectivity index (χ1) is 1.00. The van der Waals surface area contributed by atoms with Gasteiger partial charge in [-0.05, 0) is 0 Å². The maximum atomic E-state index is 9.63. The van der Waals surface area contributed by atoms with Gasteiger partial charge >= 0.3 is 52.4 Å². The van der Waals surface area contributed by atoms with Crippen molar-refractivity contribution < 1.29 is 70.5 Å². The van der Waals surface area contributed by atoms with Crippen LogP contribution in [-0.4, -0.2) is 18.9 Å². The third-order valence-corrected chi connectivity index (χ3v) is 0. The fourth-order valence-corrected chi connectivity index (χ4v) is 0. The summed E-state index contributed by atoms with van der Waals surface area (Å²) < 4.78 is 9.63. The van der Waals surface area contributed by atoms with Gasteiger partial charge < -0.3 is 0 Å². The van der Waals surface area contributed by atoms with Gasteiger partial charge in [0.15, 0.2) is 0 Å². The monoisotopic (exact) mass is 285 g/mol. The minimum atomic E-state index is -0.150. The van der Waals surface area contributed by atoms with Crippen LogP contribution in [0.15, 0.2) is 0 Å². The zero-order chi connectivity index (χ0) is 2.00. The molecule has 0 amide bonds. The zero-order valence-electron chi connectivity index (χ0n) is 1.23. The summed E-state index contributed by atoms with van der Waals surface area (Å²) in [6, 6.07) is 0. The molecule has 0 rings (SSSR count). The van der Waals surface area contributed by atoms with Gasteiger partial charge in [0.1, 0.15) is 0 Å². The van der Waals surface area contributed by atoms with E-state index in [0.29, 0.717) is 0 Å². The molecule has 4 heteroatoms. The van der Waals surface area contributed by atoms with Crippen molar-refractivity contribution >= 4 is 18.9 Å². The summed E-state index contributed by atoms with van der Waals surface area (Å²) in [4.78, 5) is 0. The predicted molar refractivity (Wildman–Crippen MR) is 8.26 cm³/mol. The third-order valence-electron chi connectivity index (χ3n) is 0. The SMILES string of the molecule is [F][Y].[LiH].[Tm]. The summed E-state index contributed by atoms with van der Waals surface area (Å²) >= 11 is -0.150. The van der Waals surface area contributed by atoms with E-state index in [2.05, 4.69) is 0 Å². The minimum absolute atomic E-state index is 0. The average Bonchev–Trinajstić information content (AvgIpc) is 1.00. The Hall–Kier alpha value is 2.87. The van der Waals surface area contributed by atoms with Gasteiger partial charge in [0.2, 0.25) is 0 Å². The summed E-state index contributed by atoms with van der Waals surface area (Å²) in [5.74, 6) is 0. The maximum absolute atomic E-state index is 9.63. The molecule has 0 bridgehead atoms. The van der Waals surface area contributed by atoms with Gasteiger partial charge in [-0.15, -0.1) is 0 Å². The molecule has 0 aromatic carbocycles. The van der Waals surface area contributed by atoms with Crippen molar-refractivity contribution in [2.75, 3.05) is 0 Å². The van der Waals surface area contributed by atoms with Crippen LogP contribution in [0.4, 0.5) is 1.92 Å². The van der Waals surface area contributed by atoms with Crippen molar-refractivity contribution in [3.63, 3.8) is 0 Å². The van der Waals surface area contributed by atoms with Crippen molar-refractivity contribution in [1.29, 1.82) is 0 Å². The van der Waals surface area contributed by atoms with Crippen LogP contribution in [0.5, 0.6) is 0 Å². The Morgan fingerprint density at radius 3 is 1.25 bits per heavy atom. The van der Waals surface area contributed by atoms with Crippen LogP contribution >= 0.6 is 0 Å². The van der Waals surface area contributed by atoms with Gasteiger partial charge in [-0.3, -0.25) is 0 Å². The van der Waals surface area contributed by atoms with Crippen molar-refractivity contribution in [3.8, 4) is 0 Å². The normalized spacial score (nSPS) is 1.00. The molecule has 25 valence electrons. The molecule has 4 heavy (non-hydrogen) atoms. The average molecular weight is 285 g/mol. The molecule has 0 spiro atoms. The molecular weight excluding hydrogens is 284 g/mol. The van der Waals surface area contributed by atoms with Gasteiger partial charge in [0, 0.05) is 36.9 Å². The van der Waals surface area contributed by atoms with E-state index in [-0.39, 0.29) is 87.4 Å². The van der Waals surface area contributed by atoms with E-state index in [1.165, 1.54) is 0 Å². The van der Waals surface area contributed by atoms with E-state index in [1.807, 2.05) is 0 Å². The van der Waals surface area contributed by atoms with Crippen LogP contribution < -0.4 is 0 Å². The Labute approximate surface area is 87.3 Å². The fourth-order valence-electron chi connectivity index (χ4n) is 0. The first kappa shape index (κ1) is 15.8. The Balaban J connectivity index is -0.00000000500. The Bertz CT molecular complexity index is 8.00. The Morgan fingerprint density at radius 2 is 1.25 bits per heavy atom. The maximum Gasteiger partial charge on any atom is 0 e. The minimum Gasteiger partial charge on any atom is 0 e. The molecule has 0 fully saturated rings.